The smallest absolute Gasteiger partial charge is 0.273 e. The van der Waals surface area contributed by atoms with E-state index in [1.807, 2.05) is 0 Å². The maximum absolute atomic E-state index is 13.9. The quantitative estimate of drug-likeness (QED) is 0.458. The molecular formula is C15H21BrFN3O3. The lowest BCUT2D eigenvalue weighted by Crippen LogP contribution is -2.45. The number of hydrogen-bond acceptors (Lipinski definition) is 5. The number of non-ortho nitro benzene ring substituents is 1. The third-order valence-corrected chi connectivity index (χ3v) is 4.31. The molecule has 1 saturated heterocycles. The summed E-state index contributed by atoms with van der Waals surface area (Å²) >= 11 is 3.18. The van der Waals surface area contributed by atoms with Crippen LogP contribution in [0.25, 0.3) is 0 Å². The normalized spacial score (nSPS) is 22.1. The summed E-state index contributed by atoms with van der Waals surface area (Å²) in [7, 11) is 0. The number of halogens is 2. The monoisotopic (exact) mass is 389 g/mol. The highest BCUT2D eigenvalue weighted by molar-refractivity contribution is 9.10. The van der Waals surface area contributed by atoms with Crippen LogP contribution in [0, 0.1) is 15.9 Å². The van der Waals surface area contributed by atoms with Crippen molar-refractivity contribution in [1.29, 1.82) is 0 Å². The van der Waals surface area contributed by atoms with Crippen LogP contribution < -0.4 is 5.32 Å². The fraction of sp³-hybridized carbons (Fsp3) is 0.600. The summed E-state index contributed by atoms with van der Waals surface area (Å²) in [5.41, 5.74) is -0.00414. The number of nitro benzene ring substituents is 1. The number of nitro groups is 1. The zero-order valence-electron chi connectivity index (χ0n) is 13.2. The molecule has 1 N–H and O–H groups in total. The van der Waals surface area contributed by atoms with E-state index in [1.165, 1.54) is 6.07 Å². The predicted octanol–water partition coefficient (Wildman–Crippen LogP) is 3.41. The summed E-state index contributed by atoms with van der Waals surface area (Å²) in [5.74, 6) is -0.625. The molecule has 1 fully saturated rings. The Labute approximate surface area is 143 Å². The molecule has 0 bridgehead atoms. The van der Waals surface area contributed by atoms with E-state index in [-0.39, 0.29) is 23.6 Å². The lowest BCUT2D eigenvalue weighted by molar-refractivity contribution is -0.385. The highest BCUT2D eigenvalue weighted by Gasteiger charge is 2.21. The summed E-state index contributed by atoms with van der Waals surface area (Å²) in [6.07, 6.45) is 1.31. The Bertz CT molecular complexity index is 540. The molecule has 1 aromatic rings. The number of benzene rings is 1. The number of rotatable bonds is 6. The molecule has 0 radical (unpaired) electrons. The van der Waals surface area contributed by atoms with Gasteiger partial charge in [0.15, 0.2) is 5.82 Å². The zero-order valence-corrected chi connectivity index (χ0v) is 14.8. The Morgan fingerprint density at radius 3 is 2.65 bits per heavy atom. The second kappa shape index (κ2) is 8.03. The average molecular weight is 390 g/mol. The van der Waals surface area contributed by atoms with Crippen LogP contribution >= 0.6 is 15.9 Å². The van der Waals surface area contributed by atoms with Crippen molar-refractivity contribution in [3.8, 4) is 0 Å². The lowest BCUT2D eigenvalue weighted by atomic mass is 10.2. The van der Waals surface area contributed by atoms with Gasteiger partial charge in [-0.15, -0.1) is 0 Å². The molecule has 6 nitrogen and oxygen atoms in total. The molecule has 8 heteroatoms. The minimum Gasteiger partial charge on any atom is -0.382 e. The van der Waals surface area contributed by atoms with Crippen LogP contribution in [-0.2, 0) is 4.74 Å². The van der Waals surface area contributed by atoms with E-state index in [4.69, 9.17) is 4.74 Å². The van der Waals surface area contributed by atoms with Gasteiger partial charge in [-0.1, -0.05) is 0 Å². The van der Waals surface area contributed by atoms with Crippen molar-refractivity contribution in [2.75, 3.05) is 31.5 Å². The van der Waals surface area contributed by atoms with Gasteiger partial charge < -0.3 is 10.1 Å². The molecule has 128 valence electrons. The van der Waals surface area contributed by atoms with Gasteiger partial charge >= 0.3 is 0 Å². The minimum atomic E-state index is -0.625. The SMILES string of the molecule is C[C@@H]1CN(CCCNc2c(F)cc([N+](=O)[O-])cc2Br)C[C@H](C)O1. The molecule has 0 aromatic heterocycles. The van der Waals surface area contributed by atoms with Crippen molar-refractivity contribution >= 4 is 27.3 Å². The van der Waals surface area contributed by atoms with Crippen LogP contribution in [-0.4, -0.2) is 48.2 Å². The van der Waals surface area contributed by atoms with E-state index >= 15 is 0 Å². The van der Waals surface area contributed by atoms with Gasteiger partial charge in [-0.3, -0.25) is 15.0 Å². The summed E-state index contributed by atoms with van der Waals surface area (Å²) in [5, 5.41) is 13.7. The Kier molecular flexibility index (Phi) is 6.32. The minimum absolute atomic E-state index is 0.230. The molecule has 1 aromatic carbocycles. The van der Waals surface area contributed by atoms with Gasteiger partial charge in [0, 0.05) is 32.2 Å². The Balaban J connectivity index is 1.83. The molecule has 0 amide bonds. The van der Waals surface area contributed by atoms with Gasteiger partial charge in [0.25, 0.3) is 5.69 Å². The molecule has 0 unspecified atom stereocenters. The first-order valence-corrected chi connectivity index (χ1v) is 8.41. The number of nitrogens with zero attached hydrogens (tertiary/aromatic N) is 2. The molecule has 1 aliphatic rings. The highest BCUT2D eigenvalue weighted by atomic mass is 79.9. The molecule has 0 aliphatic carbocycles. The molecule has 2 atom stereocenters. The Morgan fingerprint density at radius 2 is 2.09 bits per heavy atom. The summed E-state index contributed by atoms with van der Waals surface area (Å²) < 4.78 is 20.0. The van der Waals surface area contributed by atoms with Gasteiger partial charge in [-0.2, -0.15) is 0 Å². The molecular weight excluding hydrogens is 369 g/mol. The van der Waals surface area contributed by atoms with E-state index in [9.17, 15) is 14.5 Å². The second-order valence-corrected chi connectivity index (χ2v) is 6.69. The van der Waals surface area contributed by atoms with Gasteiger partial charge in [0.1, 0.15) is 0 Å². The van der Waals surface area contributed by atoms with Crippen molar-refractivity contribution < 1.29 is 14.1 Å². The Morgan fingerprint density at radius 1 is 1.43 bits per heavy atom. The molecule has 1 heterocycles. The highest BCUT2D eigenvalue weighted by Crippen LogP contribution is 2.30. The van der Waals surface area contributed by atoms with E-state index in [2.05, 4.69) is 40.0 Å². The zero-order chi connectivity index (χ0) is 17.0. The third kappa shape index (κ3) is 5.12. The van der Waals surface area contributed by atoms with Crippen molar-refractivity contribution in [2.45, 2.75) is 32.5 Å². The molecule has 1 aliphatic heterocycles. The van der Waals surface area contributed by atoms with Crippen molar-refractivity contribution in [2.24, 2.45) is 0 Å². The second-order valence-electron chi connectivity index (χ2n) is 5.84. The molecule has 0 saturated carbocycles. The first kappa shape index (κ1) is 18.1. The van der Waals surface area contributed by atoms with Crippen LogP contribution in [0.1, 0.15) is 20.3 Å². The number of nitrogens with one attached hydrogen (secondary N) is 1. The molecule has 23 heavy (non-hydrogen) atoms. The fourth-order valence-electron chi connectivity index (χ4n) is 2.82. The van der Waals surface area contributed by atoms with Gasteiger partial charge in [-0.05, 0) is 36.2 Å². The maximum Gasteiger partial charge on any atom is 0.273 e. The van der Waals surface area contributed by atoms with E-state index < -0.39 is 10.7 Å². The first-order chi connectivity index (χ1) is 10.9. The Hall–Kier alpha value is -1.25. The van der Waals surface area contributed by atoms with E-state index in [0.29, 0.717) is 11.0 Å². The average Bonchev–Trinajstić information content (AvgIpc) is 2.44. The van der Waals surface area contributed by atoms with Gasteiger partial charge in [0.05, 0.1) is 33.4 Å². The van der Waals surface area contributed by atoms with Gasteiger partial charge in [-0.25, -0.2) is 4.39 Å². The number of ether oxygens (including phenoxy) is 1. The fourth-order valence-corrected chi connectivity index (χ4v) is 3.38. The van der Waals surface area contributed by atoms with Crippen LogP contribution in [0.5, 0.6) is 0 Å². The summed E-state index contributed by atoms with van der Waals surface area (Å²) in [6, 6.07) is 2.23. The van der Waals surface area contributed by atoms with Gasteiger partial charge in [0.2, 0.25) is 0 Å². The molecule has 2 rings (SSSR count). The number of anilines is 1. The standard InChI is InChI=1S/C15H21BrFN3O3/c1-10-8-19(9-11(2)23-10)5-3-4-18-15-13(16)6-12(20(21)22)7-14(15)17/h6-7,10-11,18H,3-5,8-9H2,1-2H3/t10-,11+. The molecule has 0 spiro atoms. The van der Waals surface area contributed by atoms with Crippen LogP contribution in [0.4, 0.5) is 15.8 Å². The van der Waals surface area contributed by atoms with Crippen LogP contribution in [0.2, 0.25) is 0 Å². The predicted molar refractivity (Wildman–Crippen MR) is 90.3 cm³/mol. The van der Waals surface area contributed by atoms with Crippen LogP contribution in [0.15, 0.2) is 16.6 Å². The largest absolute Gasteiger partial charge is 0.382 e. The summed E-state index contributed by atoms with van der Waals surface area (Å²) in [6.45, 7) is 7.42. The number of morpholine rings is 1. The number of hydrogen-bond donors (Lipinski definition) is 1. The summed E-state index contributed by atoms with van der Waals surface area (Å²) in [4.78, 5) is 12.4. The van der Waals surface area contributed by atoms with Crippen molar-refractivity contribution in [3.05, 3.63) is 32.5 Å². The topological polar surface area (TPSA) is 67.6 Å². The van der Waals surface area contributed by atoms with Crippen molar-refractivity contribution in [3.63, 3.8) is 0 Å². The first-order valence-electron chi connectivity index (χ1n) is 7.62. The maximum atomic E-state index is 13.9. The van der Waals surface area contributed by atoms with Crippen LogP contribution in [0.3, 0.4) is 0 Å². The third-order valence-electron chi connectivity index (χ3n) is 3.69. The lowest BCUT2D eigenvalue weighted by Gasteiger charge is -2.35. The van der Waals surface area contributed by atoms with Crippen molar-refractivity contribution in [1.82, 2.24) is 4.90 Å². The van der Waals surface area contributed by atoms with E-state index in [0.717, 1.165) is 32.1 Å². The van der Waals surface area contributed by atoms with E-state index in [1.54, 1.807) is 0 Å².